The highest BCUT2D eigenvalue weighted by Gasteiger charge is 2.11. The van der Waals surface area contributed by atoms with E-state index in [2.05, 4.69) is 10.6 Å². The second-order valence-electron chi connectivity index (χ2n) is 5.29. The summed E-state index contributed by atoms with van der Waals surface area (Å²) in [7, 11) is 0. The van der Waals surface area contributed by atoms with Gasteiger partial charge in [0, 0.05) is 11.3 Å². The molecule has 2 N–H and O–H groups in total. The SMILES string of the molecule is Cc1ccccc1NC(=O)NC(=O)c1ccc2ccccc2c1. The number of nitrogens with one attached hydrogen (secondary N) is 2. The molecule has 4 nitrogen and oxygen atoms in total. The first-order valence-electron chi connectivity index (χ1n) is 7.30. The first-order valence-corrected chi connectivity index (χ1v) is 7.30. The smallest absolute Gasteiger partial charge is 0.307 e. The van der Waals surface area contributed by atoms with Gasteiger partial charge in [-0.25, -0.2) is 4.79 Å². The van der Waals surface area contributed by atoms with Crippen LogP contribution in [-0.2, 0) is 0 Å². The first kappa shape index (κ1) is 14.8. The quantitative estimate of drug-likeness (QED) is 0.748. The third-order valence-electron chi connectivity index (χ3n) is 3.63. The average molecular weight is 304 g/mol. The number of urea groups is 1. The van der Waals surface area contributed by atoms with Crippen LogP contribution < -0.4 is 10.6 Å². The molecule has 23 heavy (non-hydrogen) atoms. The minimum absolute atomic E-state index is 0.429. The van der Waals surface area contributed by atoms with Crippen molar-refractivity contribution < 1.29 is 9.59 Å². The summed E-state index contributed by atoms with van der Waals surface area (Å²) in [6, 6.07) is 19.9. The molecule has 0 radical (unpaired) electrons. The number of imide groups is 1. The van der Waals surface area contributed by atoms with Crippen LogP contribution in [0.4, 0.5) is 10.5 Å². The molecular weight excluding hydrogens is 288 g/mol. The maximum absolute atomic E-state index is 12.2. The predicted molar refractivity (Wildman–Crippen MR) is 91.6 cm³/mol. The second kappa shape index (κ2) is 6.32. The number of rotatable bonds is 2. The zero-order valence-corrected chi connectivity index (χ0v) is 12.7. The van der Waals surface area contributed by atoms with Crippen LogP contribution in [0.2, 0.25) is 0 Å². The molecule has 0 heterocycles. The topological polar surface area (TPSA) is 58.2 Å². The van der Waals surface area contributed by atoms with Gasteiger partial charge < -0.3 is 5.32 Å². The Balaban J connectivity index is 1.72. The van der Waals surface area contributed by atoms with Gasteiger partial charge in [-0.15, -0.1) is 0 Å². The van der Waals surface area contributed by atoms with Gasteiger partial charge >= 0.3 is 6.03 Å². The molecule has 0 fully saturated rings. The van der Waals surface area contributed by atoms with Gasteiger partial charge in [0.1, 0.15) is 0 Å². The fourth-order valence-corrected chi connectivity index (χ4v) is 2.37. The van der Waals surface area contributed by atoms with Gasteiger partial charge in [-0.05, 0) is 41.5 Å². The van der Waals surface area contributed by atoms with E-state index in [4.69, 9.17) is 0 Å². The van der Waals surface area contributed by atoms with E-state index in [1.54, 1.807) is 18.2 Å². The number of carbonyl (C=O) groups excluding carboxylic acids is 2. The van der Waals surface area contributed by atoms with E-state index in [0.29, 0.717) is 11.3 Å². The molecule has 0 aliphatic carbocycles. The maximum atomic E-state index is 12.2. The van der Waals surface area contributed by atoms with Crippen molar-refractivity contribution in [2.45, 2.75) is 6.92 Å². The Bertz CT molecular complexity index is 887. The van der Waals surface area contributed by atoms with E-state index >= 15 is 0 Å². The normalized spacial score (nSPS) is 10.3. The molecule has 0 spiro atoms. The number of benzene rings is 3. The van der Waals surface area contributed by atoms with Crippen molar-refractivity contribution in [1.82, 2.24) is 5.32 Å². The molecule has 3 amide bonds. The molecule has 3 aromatic carbocycles. The summed E-state index contributed by atoms with van der Waals surface area (Å²) >= 11 is 0. The zero-order valence-electron chi connectivity index (χ0n) is 12.7. The van der Waals surface area contributed by atoms with E-state index in [9.17, 15) is 9.59 Å². The van der Waals surface area contributed by atoms with Crippen molar-refractivity contribution >= 4 is 28.4 Å². The number of hydrogen-bond donors (Lipinski definition) is 2. The molecule has 0 saturated heterocycles. The highest BCUT2D eigenvalue weighted by atomic mass is 16.2. The van der Waals surface area contributed by atoms with Crippen molar-refractivity contribution in [3.63, 3.8) is 0 Å². The van der Waals surface area contributed by atoms with Gasteiger partial charge in [0.05, 0.1) is 0 Å². The molecule has 3 rings (SSSR count). The number of carbonyl (C=O) groups is 2. The molecule has 0 bridgehead atoms. The van der Waals surface area contributed by atoms with E-state index in [0.717, 1.165) is 16.3 Å². The summed E-state index contributed by atoms with van der Waals surface area (Å²) < 4.78 is 0. The van der Waals surface area contributed by atoms with E-state index in [1.165, 1.54) is 0 Å². The highest BCUT2D eigenvalue weighted by Crippen LogP contribution is 2.16. The molecule has 0 unspecified atom stereocenters. The molecule has 0 aliphatic heterocycles. The van der Waals surface area contributed by atoms with Crippen LogP contribution in [0.3, 0.4) is 0 Å². The lowest BCUT2D eigenvalue weighted by molar-refractivity contribution is 0.0967. The minimum atomic E-state index is -0.544. The molecule has 0 saturated carbocycles. The molecule has 0 aliphatic rings. The van der Waals surface area contributed by atoms with Gasteiger partial charge in [0.15, 0.2) is 0 Å². The summed E-state index contributed by atoms with van der Waals surface area (Å²) in [5, 5.41) is 7.03. The van der Waals surface area contributed by atoms with Crippen LogP contribution >= 0.6 is 0 Å². The lowest BCUT2D eigenvalue weighted by Gasteiger charge is -2.09. The summed E-state index contributed by atoms with van der Waals surface area (Å²) in [5.74, 6) is -0.429. The Hall–Kier alpha value is -3.14. The summed E-state index contributed by atoms with van der Waals surface area (Å²) in [4.78, 5) is 24.2. The minimum Gasteiger partial charge on any atom is -0.307 e. The first-order chi connectivity index (χ1) is 11.1. The van der Waals surface area contributed by atoms with E-state index in [1.807, 2.05) is 55.5 Å². The number of fused-ring (bicyclic) bond motifs is 1. The molecule has 0 aromatic heterocycles. The summed E-state index contributed by atoms with van der Waals surface area (Å²) in [6.45, 7) is 1.89. The van der Waals surface area contributed by atoms with Crippen LogP contribution in [0, 0.1) is 6.92 Å². The third kappa shape index (κ3) is 3.37. The largest absolute Gasteiger partial charge is 0.326 e. The van der Waals surface area contributed by atoms with Crippen molar-refractivity contribution in [2.75, 3.05) is 5.32 Å². The fourth-order valence-electron chi connectivity index (χ4n) is 2.37. The number of hydrogen-bond acceptors (Lipinski definition) is 2. The van der Waals surface area contributed by atoms with Gasteiger partial charge in [-0.1, -0.05) is 48.5 Å². The summed E-state index contributed by atoms with van der Waals surface area (Å²) in [6.07, 6.45) is 0. The predicted octanol–water partition coefficient (Wildman–Crippen LogP) is 4.11. The summed E-state index contributed by atoms with van der Waals surface area (Å²) in [5.41, 5.74) is 2.06. The van der Waals surface area contributed by atoms with Gasteiger partial charge in [-0.3, -0.25) is 10.1 Å². The van der Waals surface area contributed by atoms with Crippen molar-refractivity contribution in [2.24, 2.45) is 0 Å². The lowest BCUT2D eigenvalue weighted by Crippen LogP contribution is -2.34. The Morgan fingerprint density at radius 1 is 0.826 bits per heavy atom. The number of para-hydroxylation sites is 1. The van der Waals surface area contributed by atoms with Crippen molar-refractivity contribution in [1.29, 1.82) is 0 Å². The van der Waals surface area contributed by atoms with Crippen LogP contribution in [0.15, 0.2) is 66.7 Å². The second-order valence-corrected chi connectivity index (χ2v) is 5.29. The van der Waals surface area contributed by atoms with Crippen LogP contribution in [0.5, 0.6) is 0 Å². The molecule has 0 atom stereocenters. The molecule has 114 valence electrons. The van der Waals surface area contributed by atoms with Gasteiger partial charge in [-0.2, -0.15) is 0 Å². The highest BCUT2D eigenvalue weighted by molar-refractivity contribution is 6.09. The van der Waals surface area contributed by atoms with Gasteiger partial charge in [0.2, 0.25) is 0 Å². The third-order valence-corrected chi connectivity index (χ3v) is 3.63. The van der Waals surface area contributed by atoms with E-state index in [-0.39, 0.29) is 0 Å². The Morgan fingerprint density at radius 3 is 2.30 bits per heavy atom. The number of anilines is 1. The monoisotopic (exact) mass is 304 g/mol. The van der Waals surface area contributed by atoms with Crippen LogP contribution in [-0.4, -0.2) is 11.9 Å². The maximum Gasteiger partial charge on any atom is 0.326 e. The van der Waals surface area contributed by atoms with Crippen molar-refractivity contribution in [3.8, 4) is 0 Å². The van der Waals surface area contributed by atoms with Crippen LogP contribution in [0.1, 0.15) is 15.9 Å². The number of aryl methyl sites for hydroxylation is 1. The molecule has 3 aromatic rings. The Kier molecular flexibility index (Phi) is 4.06. The van der Waals surface area contributed by atoms with Crippen LogP contribution in [0.25, 0.3) is 10.8 Å². The fraction of sp³-hybridized carbons (Fsp3) is 0.0526. The van der Waals surface area contributed by atoms with Crippen molar-refractivity contribution in [3.05, 3.63) is 77.9 Å². The average Bonchev–Trinajstić information content (AvgIpc) is 2.56. The Labute approximate surface area is 134 Å². The lowest BCUT2D eigenvalue weighted by atomic mass is 10.1. The molecular formula is C19H16N2O2. The molecule has 4 heteroatoms. The Morgan fingerprint density at radius 2 is 1.52 bits per heavy atom. The standard InChI is InChI=1S/C19H16N2O2/c1-13-6-2-5-9-17(13)20-19(23)21-18(22)16-11-10-14-7-3-4-8-15(14)12-16/h2-12H,1H3,(H2,20,21,22,23). The van der Waals surface area contributed by atoms with E-state index < -0.39 is 11.9 Å². The van der Waals surface area contributed by atoms with Gasteiger partial charge in [0.25, 0.3) is 5.91 Å². The number of amides is 3. The zero-order chi connectivity index (χ0) is 16.2.